The zero-order chi connectivity index (χ0) is 23.9. The van der Waals surface area contributed by atoms with E-state index in [0.717, 1.165) is 16.1 Å². The summed E-state index contributed by atoms with van der Waals surface area (Å²) in [5.41, 5.74) is 0.549. The number of alkyl halides is 3. The molecule has 0 unspecified atom stereocenters. The van der Waals surface area contributed by atoms with Gasteiger partial charge in [0.25, 0.3) is 0 Å². The van der Waals surface area contributed by atoms with Crippen molar-refractivity contribution in [2.75, 3.05) is 5.32 Å². The molecule has 172 valence electrons. The number of hydrogen-bond donors (Lipinski definition) is 1. The van der Waals surface area contributed by atoms with E-state index in [1.165, 1.54) is 18.5 Å². The Morgan fingerprint density at radius 2 is 1.82 bits per heavy atom. The molecule has 0 bridgehead atoms. The molecule has 4 aromatic rings. The maximum Gasteiger partial charge on any atom is 0.417 e. The quantitative estimate of drug-likeness (QED) is 0.337. The molecule has 0 aliphatic heterocycles. The van der Waals surface area contributed by atoms with Crippen LogP contribution in [0, 0.1) is 13.8 Å². The number of nitrogens with zero attached hydrogens (tertiary/aromatic N) is 5. The summed E-state index contributed by atoms with van der Waals surface area (Å²) < 4.78 is 44.9. The highest BCUT2D eigenvalue weighted by Gasteiger charge is 2.35. The molecule has 0 saturated carbocycles. The largest absolute Gasteiger partial charge is 0.417 e. The van der Waals surface area contributed by atoms with Gasteiger partial charge in [-0.3, -0.25) is 9.48 Å². The summed E-state index contributed by atoms with van der Waals surface area (Å²) in [7, 11) is 0. The zero-order valence-corrected chi connectivity index (χ0v) is 20.6. The van der Waals surface area contributed by atoms with Gasteiger partial charge >= 0.3 is 6.18 Å². The first-order chi connectivity index (χ1) is 15.5. The molecule has 3 heterocycles. The SMILES string of the molecule is Cc1cc(C(F)(F)F)c2c(C)nn(CC(=O)Nc3nn(Cc4ccc(Br)cc4)cc3Br)c2n1. The van der Waals surface area contributed by atoms with Crippen molar-refractivity contribution in [2.24, 2.45) is 0 Å². The van der Waals surface area contributed by atoms with Crippen molar-refractivity contribution in [1.29, 1.82) is 0 Å². The Morgan fingerprint density at radius 3 is 2.48 bits per heavy atom. The predicted octanol–water partition coefficient (Wildman–Crippen LogP) is 5.48. The molecule has 3 aromatic heterocycles. The van der Waals surface area contributed by atoms with Gasteiger partial charge in [-0.05, 0) is 53.5 Å². The third-order valence-electron chi connectivity index (χ3n) is 4.84. The highest BCUT2D eigenvalue weighted by Crippen LogP contribution is 2.36. The van der Waals surface area contributed by atoms with Gasteiger partial charge in [-0.25, -0.2) is 9.67 Å². The number of benzene rings is 1. The van der Waals surface area contributed by atoms with Gasteiger partial charge in [-0.1, -0.05) is 28.1 Å². The van der Waals surface area contributed by atoms with E-state index >= 15 is 0 Å². The van der Waals surface area contributed by atoms with E-state index < -0.39 is 17.6 Å². The molecule has 7 nitrogen and oxygen atoms in total. The van der Waals surface area contributed by atoms with Gasteiger partial charge in [0.15, 0.2) is 11.5 Å². The first-order valence-electron chi connectivity index (χ1n) is 9.70. The summed E-state index contributed by atoms with van der Waals surface area (Å²) in [5, 5.41) is 11.1. The minimum absolute atomic E-state index is 0.00908. The van der Waals surface area contributed by atoms with Gasteiger partial charge in [0, 0.05) is 16.4 Å². The number of carbonyl (C=O) groups is 1. The van der Waals surface area contributed by atoms with Crippen LogP contribution in [0.5, 0.6) is 0 Å². The molecule has 0 fully saturated rings. The normalized spacial score (nSPS) is 11.8. The van der Waals surface area contributed by atoms with Crippen LogP contribution in [-0.4, -0.2) is 30.5 Å². The van der Waals surface area contributed by atoms with Crippen molar-refractivity contribution in [2.45, 2.75) is 33.1 Å². The third-order valence-corrected chi connectivity index (χ3v) is 5.95. The Hall–Kier alpha value is -2.73. The van der Waals surface area contributed by atoms with Crippen molar-refractivity contribution in [3.05, 3.63) is 68.0 Å². The topological polar surface area (TPSA) is 77.6 Å². The highest BCUT2D eigenvalue weighted by atomic mass is 79.9. The predicted molar refractivity (Wildman–Crippen MR) is 124 cm³/mol. The lowest BCUT2D eigenvalue weighted by Gasteiger charge is -2.10. The lowest BCUT2D eigenvalue weighted by Crippen LogP contribution is -2.20. The third kappa shape index (κ3) is 5.11. The molecule has 12 heteroatoms. The summed E-state index contributed by atoms with van der Waals surface area (Å²) in [6, 6.07) is 8.73. The van der Waals surface area contributed by atoms with E-state index in [-0.39, 0.29) is 29.0 Å². The summed E-state index contributed by atoms with van der Waals surface area (Å²) >= 11 is 6.77. The molecular weight excluding hydrogens is 569 g/mol. The number of pyridine rings is 1. The van der Waals surface area contributed by atoms with E-state index in [0.29, 0.717) is 16.8 Å². The fraction of sp³-hybridized carbons (Fsp3) is 0.238. The first kappa shape index (κ1) is 23.4. The molecular formula is C21H17Br2F3N6O. The molecule has 0 atom stereocenters. The fourth-order valence-corrected chi connectivity index (χ4v) is 4.14. The van der Waals surface area contributed by atoms with Crippen LogP contribution >= 0.6 is 31.9 Å². The number of halogens is 5. The van der Waals surface area contributed by atoms with E-state index in [1.54, 1.807) is 10.9 Å². The summed E-state index contributed by atoms with van der Waals surface area (Å²) in [5.74, 6) is -0.198. The fourth-order valence-electron chi connectivity index (χ4n) is 3.46. The summed E-state index contributed by atoms with van der Waals surface area (Å²) in [4.78, 5) is 16.9. The van der Waals surface area contributed by atoms with E-state index in [1.807, 2.05) is 24.3 Å². The number of aromatic nitrogens is 5. The van der Waals surface area contributed by atoms with Crippen molar-refractivity contribution in [1.82, 2.24) is 24.5 Å². The number of anilines is 1. The molecule has 0 radical (unpaired) electrons. The second-order valence-corrected chi connectivity index (χ2v) is 9.22. The molecule has 1 N–H and O–H groups in total. The number of aryl methyl sites for hydroxylation is 2. The average molecular weight is 586 g/mol. The Bertz CT molecular complexity index is 1350. The average Bonchev–Trinajstić information content (AvgIpc) is 3.21. The number of nitrogens with one attached hydrogen (secondary N) is 1. The number of amides is 1. The van der Waals surface area contributed by atoms with Crippen LogP contribution in [0.15, 0.2) is 45.5 Å². The van der Waals surface area contributed by atoms with Crippen LogP contribution in [0.25, 0.3) is 11.0 Å². The van der Waals surface area contributed by atoms with Crippen molar-refractivity contribution < 1.29 is 18.0 Å². The van der Waals surface area contributed by atoms with Gasteiger partial charge in [0.2, 0.25) is 5.91 Å². The number of carbonyl (C=O) groups excluding carboxylic acids is 1. The second-order valence-electron chi connectivity index (χ2n) is 7.45. The Labute approximate surface area is 203 Å². The molecule has 0 spiro atoms. The Kier molecular flexibility index (Phi) is 6.32. The molecule has 1 amide bonds. The summed E-state index contributed by atoms with van der Waals surface area (Å²) in [6.45, 7) is 3.11. The number of fused-ring (bicyclic) bond motifs is 1. The number of rotatable bonds is 5. The smallest absolute Gasteiger partial charge is 0.307 e. The van der Waals surface area contributed by atoms with Crippen LogP contribution in [0.4, 0.5) is 19.0 Å². The van der Waals surface area contributed by atoms with Crippen molar-refractivity contribution in [3.8, 4) is 0 Å². The molecule has 4 rings (SSSR count). The monoisotopic (exact) mass is 584 g/mol. The van der Waals surface area contributed by atoms with Gasteiger partial charge in [-0.15, -0.1) is 0 Å². The van der Waals surface area contributed by atoms with Gasteiger partial charge in [-0.2, -0.15) is 23.4 Å². The van der Waals surface area contributed by atoms with Crippen LogP contribution in [-0.2, 0) is 24.1 Å². The standard InChI is InChI=1S/C21H17Br2F3N6O/c1-11-7-15(21(24,25)26)18-12(2)29-32(20(18)27-11)10-17(33)28-19-16(23)9-31(30-19)8-13-3-5-14(22)6-4-13/h3-7,9H,8,10H2,1-2H3,(H,28,30,33). The maximum absolute atomic E-state index is 13.5. The molecule has 0 aliphatic carbocycles. The minimum Gasteiger partial charge on any atom is -0.307 e. The highest BCUT2D eigenvalue weighted by molar-refractivity contribution is 9.10. The maximum atomic E-state index is 13.5. The summed E-state index contributed by atoms with van der Waals surface area (Å²) in [6.07, 6.45) is -2.83. The molecule has 1 aromatic carbocycles. The van der Waals surface area contributed by atoms with Gasteiger partial charge in [0.05, 0.1) is 27.7 Å². The van der Waals surface area contributed by atoms with Crippen LogP contribution in [0.2, 0.25) is 0 Å². The Balaban J connectivity index is 1.54. The molecule has 0 aliphatic rings. The van der Waals surface area contributed by atoms with E-state index in [2.05, 4.69) is 52.4 Å². The second kappa shape index (κ2) is 8.90. The minimum atomic E-state index is -4.56. The van der Waals surface area contributed by atoms with Crippen LogP contribution in [0.3, 0.4) is 0 Å². The van der Waals surface area contributed by atoms with Crippen molar-refractivity contribution >= 4 is 54.6 Å². The van der Waals surface area contributed by atoms with Crippen LogP contribution < -0.4 is 5.32 Å². The molecule has 0 saturated heterocycles. The first-order valence-corrected chi connectivity index (χ1v) is 11.3. The van der Waals surface area contributed by atoms with Crippen molar-refractivity contribution in [3.63, 3.8) is 0 Å². The van der Waals surface area contributed by atoms with Gasteiger partial charge < -0.3 is 5.32 Å². The van der Waals surface area contributed by atoms with E-state index in [4.69, 9.17) is 0 Å². The van der Waals surface area contributed by atoms with Gasteiger partial charge in [0.1, 0.15) is 6.54 Å². The van der Waals surface area contributed by atoms with E-state index in [9.17, 15) is 18.0 Å². The number of hydrogen-bond acceptors (Lipinski definition) is 4. The van der Waals surface area contributed by atoms with Crippen LogP contribution in [0.1, 0.15) is 22.5 Å². The lowest BCUT2D eigenvalue weighted by atomic mass is 10.1. The zero-order valence-electron chi connectivity index (χ0n) is 17.4. The Morgan fingerprint density at radius 1 is 1.12 bits per heavy atom. The molecule has 33 heavy (non-hydrogen) atoms. The lowest BCUT2D eigenvalue weighted by molar-refractivity contribution is -0.136.